The smallest absolute Gasteiger partial charge is 0.306 e. The summed E-state index contributed by atoms with van der Waals surface area (Å²) in [4.78, 5) is 25.2. The lowest BCUT2D eigenvalue weighted by Gasteiger charge is -2.42. The van der Waals surface area contributed by atoms with E-state index in [1.54, 1.807) is 7.11 Å². The number of epoxide rings is 2. The van der Waals surface area contributed by atoms with E-state index in [0.717, 1.165) is 58.0 Å². The highest BCUT2D eigenvalue weighted by molar-refractivity contribution is 5.76. The molecule has 0 aromatic heterocycles. The molecule has 2 saturated heterocycles. The summed E-state index contributed by atoms with van der Waals surface area (Å²) in [5.41, 5.74) is 0.749. The summed E-state index contributed by atoms with van der Waals surface area (Å²) in [5.74, 6) is 0.915. The molecular weight excluding hydrogens is 470 g/mol. The van der Waals surface area contributed by atoms with Crippen LogP contribution in [0.2, 0.25) is 0 Å². The van der Waals surface area contributed by atoms with Crippen LogP contribution in [0, 0.1) is 17.8 Å². The second-order valence-corrected chi connectivity index (χ2v) is 12.8. The van der Waals surface area contributed by atoms with Gasteiger partial charge in [-0.2, -0.15) is 0 Å². The number of allylic oxidation sites excluding steroid dienone is 1. The van der Waals surface area contributed by atoms with Gasteiger partial charge in [0, 0.05) is 26.0 Å². The standard InChI is InChI=1S/C30H49NO6/c1-19(2)7-13-24-29(5,37-24)28-27(34-6)23(15-16-30(28)18-35-30)36-26(33)17-21-9-11-22(12-10-21)31-25(32)14-8-20(3)4/h7,20-24,27-28H,8-18H2,1-6H3,(H,31,32)/t21?,22?,23?,24-,27?,28?,29?,30+/m1/s1. The molecule has 1 spiro atoms. The minimum absolute atomic E-state index is 0.0434. The summed E-state index contributed by atoms with van der Waals surface area (Å²) in [6.07, 6.45) is 10.1. The van der Waals surface area contributed by atoms with Crippen LogP contribution in [-0.4, -0.2) is 61.1 Å². The van der Waals surface area contributed by atoms with Crippen molar-refractivity contribution in [1.29, 1.82) is 0 Å². The average molecular weight is 520 g/mol. The van der Waals surface area contributed by atoms with Crippen LogP contribution in [-0.2, 0) is 28.5 Å². The van der Waals surface area contributed by atoms with Crippen LogP contribution in [0.1, 0.15) is 98.8 Å². The fourth-order valence-electron chi connectivity index (χ4n) is 6.75. The molecule has 4 aliphatic rings. The molecule has 0 aromatic carbocycles. The third-order valence-electron chi connectivity index (χ3n) is 9.14. The number of ether oxygens (including phenoxy) is 4. The first-order valence-electron chi connectivity index (χ1n) is 14.5. The molecule has 2 aliphatic heterocycles. The summed E-state index contributed by atoms with van der Waals surface area (Å²) >= 11 is 0. The van der Waals surface area contributed by atoms with Crippen molar-refractivity contribution in [2.45, 2.75) is 134 Å². The first-order valence-corrected chi connectivity index (χ1v) is 14.5. The van der Waals surface area contributed by atoms with E-state index in [1.165, 1.54) is 5.57 Å². The van der Waals surface area contributed by atoms with Gasteiger partial charge < -0.3 is 24.3 Å². The van der Waals surface area contributed by atoms with Crippen LogP contribution >= 0.6 is 0 Å². The molecule has 2 heterocycles. The van der Waals surface area contributed by atoms with Gasteiger partial charge >= 0.3 is 5.97 Å². The average Bonchev–Trinajstić information content (AvgIpc) is 3.76. The van der Waals surface area contributed by atoms with E-state index in [-0.39, 0.29) is 53.4 Å². The fraction of sp³-hybridized carbons (Fsp3) is 0.867. The Bertz CT molecular complexity index is 839. The normalized spacial score (nSPS) is 38.8. The van der Waals surface area contributed by atoms with Crippen molar-refractivity contribution in [2.75, 3.05) is 13.7 Å². The van der Waals surface area contributed by atoms with Crippen LogP contribution in [0.15, 0.2) is 11.6 Å². The highest BCUT2D eigenvalue weighted by atomic mass is 16.6. The molecule has 4 rings (SSSR count). The van der Waals surface area contributed by atoms with E-state index in [9.17, 15) is 9.59 Å². The summed E-state index contributed by atoms with van der Waals surface area (Å²) in [5, 5.41) is 3.19. The van der Waals surface area contributed by atoms with Gasteiger partial charge in [-0.1, -0.05) is 25.5 Å². The van der Waals surface area contributed by atoms with Crippen LogP contribution in [0.3, 0.4) is 0 Å². The van der Waals surface area contributed by atoms with E-state index < -0.39 is 0 Å². The van der Waals surface area contributed by atoms with Gasteiger partial charge in [-0.25, -0.2) is 0 Å². The molecule has 7 nitrogen and oxygen atoms in total. The molecule has 37 heavy (non-hydrogen) atoms. The molecule has 0 aromatic rings. The lowest BCUT2D eigenvalue weighted by atomic mass is 9.68. The lowest BCUT2D eigenvalue weighted by Crippen LogP contribution is -2.55. The number of carbonyl (C=O) groups is 2. The van der Waals surface area contributed by atoms with Gasteiger partial charge in [-0.3, -0.25) is 9.59 Å². The highest BCUT2D eigenvalue weighted by Crippen LogP contribution is 2.59. The Kier molecular flexibility index (Phi) is 9.07. The van der Waals surface area contributed by atoms with E-state index in [1.807, 2.05) is 0 Å². The number of rotatable bonds is 11. The number of hydrogen-bond donors (Lipinski definition) is 1. The van der Waals surface area contributed by atoms with Crippen molar-refractivity contribution in [3.8, 4) is 0 Å². The Morgan fingerprint density at radius 2 is 1.84 bits per heavy atom. The molecule has 2 saturated carbocycles. The zero-order valence-electron chi connectivity index (χ0n) is 23.8. The zero-order valence-corrected chi connectivity index (χ0v) is 23.8. The summed E-state index contributed by atoms with van der Waals surface area (Å²) < 4.78 is 24.4. The molecule has 0 radical (unpaired) electrons. The van der Waals surface area contributed by atoms with Crippen LogP contribution in [0.4, 0.5) is 0 Å². The largest absolute Gasteiger partial charge is 0.460 e. The molecule has 7 heteroatoms. The van der Waals surface area contributed by atoms with Gasteiger partial charge in [0.05, 0.1) is 18.6 Å². The van der Waals surface area contributed by atoms with E-state index in [0.29, 0.717) is 24.7 Å². The maximum absolute atomic E-state index is 13.0. The number of esters is 1. The Morgan fingerprint density at radius 3 is 2.43 bits per heavy atom. The van der Waals surface area contributed by atoms with Gasteiger partial charge in [0.25, 0.3) is 0 Å². The second kappa shape index (κ2) is 11.7. The van der Waals surface area contributed by atoms with Gasteiger partial charge in [0.1, 0.15) is 23.4 Å². The Balaban J connectivity index is 1.27. The van der Waals surface area contributed by atoms with Gasteiger partial charge in [-0.15, -0.1) is 0 Å². The fourth-order valence-corrected chi connectivity index (χ4v) is 6.75. The van der Waals surface area contributed by atoms with Crippen molar-refractivity contribution in [1.82, 2.24) is 5.32 Å². The predicted octanol–water partition coefficient (Wildman–Crippen LogP) is 5.11. The van der Waals surface area contributed by atoms with Crippen molar-refractivity contribution in [3.05, 3.63) is 11.6 Å². The number of methoxy groups -OCH3 is 1. The number of amides is 1. The van der Waals surface area contributed by atoms with E-state index in [4.69, 9.17) is 18.9 Å². The van der Waals surface area contributed by atoms with Crippen molar-refractivity contribution < 1.29 is 28.5 Å². The maximum atomic E-state index is 13.0. The van der Waals surface area contributed by atoms with Gasteiger partial charge in [-0.05, 0) is 84.0 Å². The molecule has 1 N–H and O–H groups in total. The summed E-state index contributed by atoms with van der Waals surface area (Å²) in [6.45, 7) is 11.4. The Labute approximate surface area is 223 Å². The minimum Gasteiger partial charge on any atom is -0.460 e. The minimum atomic E-state index is -0.327. The van der Waals surface area contributed by atoms with E-state index in [2.05, 4.69) is 46.0 Å². The molecule has 4 unspecified atom stereocenters. The monoisotopic (exact) mass is 519 g/mol. The molecule has 1 amide bonds. The van der Waals surface area contributed by atoms with Gasteiger partial charge in [0.2, 0.25) is 5.91 Å². The molecule has 4 fully saturated rings. The summed E-state index contributed by atoms with van der Waals surface area (Å²) in [6, 6.07) is 0.234. The van der Waals surface area contributed by atoms with Crippen molar-refractivity contribution >= 4 is 11.9 Å². The molecule has 0 bridgehead atoms. The van der Waals surface area contributed by atoms with Crippen molar-refractivity contribution in [2.24, 2.45) is 17.8 Å². The van der Waals surface area contributed by atoms with Crippen LogP contribution < -0.4 is 5.32 Å². The van der Waals surface area contributed by atoms with Gasteiger partial charge in [0.15, 0.2) is 0 Å². The van der Waals surface area contributed by atoms with Crippen LogP contribution in [0.25, 0.3) is 0 Å². The lowest BCUT2D eigenvalue weighted by molar-refractivity contribution is -0.173. The molecule has 2 aliphatic carbocycles. The van der Waals surface area contributed by atoms with Crippen molar-refractivity contribution in [3.63, 3.8) is 0 Å². The first kappa shape index (κ1) is 28.6. The number of hydrogen-bond acceptors (Lipinski definition) is 6. The van der Waals surface area contributed by atoms with Crippen LogP contribution in [0.5, 0.6) is 0 Å². The summed E-state index contributed by atoms with van der Waals surface area (Å²) in [7, 11) is 1.72. The number of carbonyl (C=O) groups excluding carboxylic acids is 2. The second-order valence-electron chi connectivity index (χ2n) is 12.8. The van der Waals surface area contributed by atoms with E-state index >= 15 is 0 Å². The Morgan fingerprint density at radius 1 is 1.14 bits per heavy atom. The highest BCUT2D eigenvalue weighted by Gasteiger charge is 2.72. The predicted molar refractivity (Wildman–Crippen MR) is 142 cm³/mol. The zero-order chi connectivity index (χ0) is 26.8. The molecule has 6 atom stereocenters. The third-order valence-corrected chi connectivity index (χ3v) is 9.14. The quantitative estimate of drug-likeness (QED) is 0.232. The SMILES string of the molecule is COC1C(OC(=O)CC2CCC(NC(=O)CCC(C)C)CC2)CC[C@]2(CO2)C1C1(C)O[C@@H]1CC=C(C)C. The number of nitrogens with one attached hydrogen (secondary N) is 1. The maximum Gasteiger partial charge on any atom is 0.306 e. The Hall–Kier alpha value is -1.44. The molecule has 210 valence electrons. The first-order chi connectivity index (χ1) is 17.6. The topological polar surface area (TPSA) is 89.7 Å². The third kappa shape index (κ3) is 6.96. The molecular formula is C30H49NO6.